The number of aliphatic hydroxyl groups is 3. The van der Waals surface area contributed by atoms with Crippen molar-refractivity contribution in [2.45, 2.75) is 73.9 Å². The molecule has 20 heteroatoms. The van der Waals surface area contributed by atoms with Gasteiger partial charge in [0.25, 0.3) is 5.91 Å². The molecule has 10 unspecified atom stereocenters. The Balaban J connectivity index is 0.997. The van der Waals surface area contributed by atoms with Gasteiger partial charge in [-0.25, -0.2) is 4.79 Å². The Bertz CT molecular complexity index is 3190. The first kappa shape index (κ1) is 55.0. The molecule has 404 valence electrons. The lowest BCUT2D eigenvalue weighted by Crippen LogP contribution is -2.82. The predicted molar refractivity (Wildman–Crippen MR) is 291 cm³/mol. The van der Waals surface area contributed by atoms with Crippen molar-refractivity contribution in [3.63, 3.8) is 0 Å². The molecule has 11 N–H and O–H groups in total. The number of hydrogen-bond donors (Lipinski definition) is 10. The number of aliphatic hydroxyl groups excluding tert-OH is 2. The fourth-order valence-corrected chi connectivity index (χ4v) is 12.7. The molecule has 0 radical (unpaired) electrons. The highest BCUT2D eigenvalue weighted by Crippen LogP contribution is 2.46. The van der Waals surface area contributed by atoms with Crippen molar-refractivity contribution in [3.05, 3.63) is 166 Å². The summed E-state index contributed by atoms with van der Waals surface area (Å²) < 4.78 is 23.9. The van der Waals surface area contributed by atoms with Crippen LogP contribution >= 0.6 is 21.6 Å². The van der Waals surface area contributed by atoms with Gasteiger partial charge >= 0.3 is 5.97 Å². The number of amides is 1. The molecule has 0 saturated carbocycles. The molecular formula is C57H60N4O14S2. The average molecular weight is 1090 g/mol. The van der Waals surface area contributed by atoms with Crippen LogP contribution in [0.5, 0.6) is 17.2 Å². The number of aromatic amines is 1. The molecule has 0 bridgehead atoms. The van der Waals surface area contributed by atoms with Crippen LogP contribution in [0.15, 0.2) is 137 Å². The Morgan fingerprint density at radius 3 is 2.45 bits per heavy atom. The molecule has 4 heterocycles. The quantitative estimate of drug-likeness (QED) is 0.0294. The number of primary amides is 1. The summed E-state index contributed by atoms with van der Waals surface area (Å²) in [6, 6.07) is 26.7. The van der Waals surface area contributed by atoms with Crippen molar-refractivity contribution in [2.24, 2.45) is 17.6 Å². The fourth-order valence-electron chi connectivity index (χ4n) is 10.6. The smallest absolute Gasteiger partial charge is 0.335 e. The standard InChI is InChI=1S/C57H60N4O14S2/c1-32(6-9-34-10-11-35(42-5-3-2-4-41(34)42)21-24-59-23-20-33-7-14-38(63)15-8-33)44-28-61-54(70)57(71)55(75-50(53(68)69)51(66)56(57,30-62)72-31-77-76-29-45(44)37-22-25-60-27-37)73-40-18-19-43-46(26-40)74-49(52(58)67)47(48(43)65)36-12-16-39(64)17-13-36/h2-5,7-19,22,25-27,30,32,35,44-45,50-51,54-55,59-61,63-64,66,70-71H,6,20-21,23-24,28-29,31H2,1H3,(H2,58,67)(H,68,69). The van der Waals surface area contributed by atoms with Crippen LogP contribution in [0.4, 0.5) is 0 Å². The maximum Gasteiger partial charge on any atom is 0.335 e. The van der Waals surface area contributed by atoms with Gasteiger partial charge in [0.2, 0.25) is 23.1 Å². The van der Waals surface area contributed by atoms with Gasteiger partial charge in [-0.15, -0.1) is 0 Å². The maximum absolute atomic E-state index is 13.9. The molecule has 0 spiro atoms. The van der Waals surface area contributed by atoms with E-state index < -0.39 is 59.0 Å². The summed E-state index contributed by atoms with van der Waals surface area (Å²) in [5.41, 5.74) is 4.35. The molecule has 1 aliphatic carbocycles. The monoisotopic (exact) mass is 1090 g/mol. The number of aromatic nitrogens is 1. The third kappa shape index (κ3) is 11.3. The van der Waals surface area contributed by atoms with Crippen LogP contribution in [0, 0.1) is 11.8 Å². The number of aliphatic carboxylic acids is 1. The van der Waals surface area contributed by atoms with Gasteiger partial charge < -0.3 is 65.3 Å². The van der Waals surface area contributed by atoms with E-state index in [1.807, 2.05) is 42.7 Å². The highest BCUT2D eigenvalue weighted by molar-refractivity contribution is 8.76. The van der Waals surface area contributed by atoms with E-state index in [0.29, 0.717) is 12.2 Å². The van der Waals surface area contributed by atoms with Gasteiger partial charge in [0.15, 0.2) is 18.0 Å². The fraction of sp³-hybridized carbons (Fsp3) is 0.333. The van der Waals surface area contributed by atoms with Crippen LogP contribution < -0.4 is 26.5 Å². The topological polar surface area (TPSA) is 296 Å². The summed E-state index contributed by atoms with van der Waals surface area (Å²) in [6.07, 6.45) is 3.56. The van der Waals surface area contributed by atoms with E-state index in [1.54, 1.807) is 12.1 Å². The molecule has 6 aromatic rings. The molecular weight excluding hydrogens is 1030 g/mol. The molecule has 77 heavy (non-hydrogen) atoms. The van der Waals surface area contributed by atoms with E-state index in [2.05, 4.69) is 52.9 Å². The number of aromatic hydroxyl groups is 2. The molecule has 2 aromatic heterocycles. The SMILES string of the molecule is CC(CC=C1C=CC(CCNCCc2ccc(O)cc2)c2ccccc21)C1CNC(O)C2(O)C(Oc3ccc4c(=O)c(-c5ccc(O)cc5)c(C(N)=O)oc4c3)OC(C(=O)O)C(O)C2(C=O)OCSSCC1c1cc[nH]c1. The third-order valence-electron chi connectivity index (χ3n) is 14.9. The van der Waals surface area contributed by atoms with Gasteiger partial charge in [0.1, 0.15) is 41.1 Å². The number of nitrogens with two attached hydrogens (primary N) is 1. The number of carbonyl (C=O) groups excluding carboxylic acids is 2. The number of aldehydes is 1. The van der Waals surface area contributed by atoms with Crippen molar-refractivity contribution < 1.29 is 63.7 Å². The predicted octanol–water partition coefficient (Wildman–Crippen LogP) is 6.18. The second kappa shape index (κ2) is 23.9. The number of hydrogen-bond acceptors (Lipinski definition) is 17. The summed E-state index contributed by atoms with van der Waals surface area (Å²) in [5, 5.41) is 73.6. The summed E-state index contributed by atoms with van der Waals surface area (Å²) in [5.74, 6) is -3.66. The Hall–Kier alpha value is -6.72. The van der Waals surface area contributed by atoms with Gasteiger partial charge in [-0.2, -0.15) is 0 Å². The number of ether oxygens (including phenoxy) is 3. The minimum absolute atomic E-state index is 0.00361. The number of carboxylic acid groups (broad SMARTS) is 1. The van der Waals surface area contributed by atoms with Crippen molar-refractivity contribution in [1.29, 1.82) is 0 Å². The van der Waals surface area contributed by atoms with Crippen LogP contribution in [-0.4, -0.2) is 121 Å². The molecule has 10 atom stereocenters. The normalized spacial score (nSPS) is 26.6. The number of phenolic OH excluding ortho intramolecular Hbond substituents is 2. The number of carbonyl (C=O) groups is 3. The van der Waals surface area contributed by atoms with E-state index in [0.717, 1.165) is 65.1 Å². The largest absolute Gasteiger partial charge is 0.508 e. The Morgan fingerprint density at radius 2 is 1.74 bits per heavy atom. The van der Waals surface area contributed by atoms with E-state index in [4.69, 9.17) is 24.4 Å². The lowest BCUT2D eigenvalue weighted by molar-refractivity contribution is -0.364. The molecule has 2 fully saturated rings. The Labute approximate surface area is 450 Å². The number of carboxylic acids is 1. The zero-order chi connectivity index (χ0) is 54.4. The van der Waals surface area contributed by atoms with Gasteiger partial charge in [0, 0.05) is 36.7 Å². The first-order valence-corrected chi connectivity index (χ1v) is 27.6. The number of fused-ring (bicyclic) bond motifs is 3. The second-order valence-electron chi connectivity index (χ2n) is 19.5. The van der Waals surface area contributed by atoms with Gasteiger partial charge in [-0.3, -0.25) is 19.7 Å². The minimum atomic E-state index is -3.11. The first-order chi connectivity index (χ1) is 37.1. The number of phenols is 2. The van der Waals surface area contributed by atoms with Crippen molar-refractivity contribution >= 4 is 56.3 Å². The second-order valence-corrected chi connectivity index (χ2v) is 22.0. The summed E-state index contributed by atoms with van der Waals surface area (Å²) >= 11 is 0. The minimum Gasteiger partial charge on any atom is -0.508 e. The Morgan fingerprint density at radius 1 is 0.987 bits per heavy atom. The number of allylic oxidation sites excluding steroid dienone is 4. The lowest BCUT2D eigenvalue weighted by Gasteiger charge is -2.55. The number of H-pyrrole nitrogens is 1. The molecule has 1 amide bonds. The van der Waals surface area contributed by atoms with Crippen LogP contribution in [0.25, 0.3) is 27.7 Å². The van der Waals surface area contributed by atoms with E-state index in [9.17, 15) is 49.8 Å². The first-order valence-electron chi connectivity index (χ1n) is 25.1. The van der Waals surface area contributed by atoms with Gasteiger partial charge in [-0.1, -0.05) is 95.3 Å². The van der Waals surface area contributed by atoms with Crippen molar-refractivity contribution in [3.8, 4) is 28.4 Å². The van der Waals surface area contributed by atoms with Crippen LogP contribution in [0.1, 0.15) is 64.4 Å². The van der Waals surface area contributed by atoms with E-state index in [1.165, 1.54) is 52.8 Å². The summed E-state index contributed by atoms with van der Waals surface area (Å²) in [4.78, 5) is 56.2. The highest BCUT2D eigenvalue weighted by Gasteiger charge is 2.72. The zero-order valence-corrected chi connectivity index (χ0v) is 43.5. The number of rotatable bonds is 16. The lowest BCUT2D eigenvalue weighted by atomic mass is 9.72. The van der Waals surface area contributed by atoms with E-state index in [-0.39, 0.29) is 81.8 Å². The molecule has 18 nitrogen and oxygen atoms in total. The van der Waals surface area contributed by atoms with Gasteiger partial charge in [-0.05, 0) is 126 Å². The Kier molecular flexibility index (Phi) is 17.1. The van der Waals surface area contributed by atoms with Crippen LogP contribution in [0.2, 0.25) is 0 Å². The maximum atomic E-state index is 13.9. The number of nitrogens with one attached hydrogen (secondary N) is 3. The van der Waals surface area contributed by atoms with Crippen molar-refractivity contribution in [2.75, 3.05) is 31.3 Å². The average Bonchev–Trinajstić information content (AvgIpc) is 4.02. The molecule has 2 aliphatic heterocycles. The summed E-state index contributed by atoms with van der Waals surface area (Å²) in [7, 11) is 2.57. The van der Waals surface area contributed by atoms with Crippen LogP contribution in [-0.2, 0) is 25.5 Å². The molecule has 4 aromatic carbocycles. The van der Waals surface area contributed by atoms with Crippen LogP contribution in [0.3, 0.4) is 0 Å². The van der Waals surface area contributed by atoms with Crippen molar-refractivity contribution in [1.82, 2.24) is 15.6 Å². The number of benzene rings is 4. The highest BCUT2D eigenvalue weighted by atomic mass is 33.1. The zero-order valence-electron chi connectivity index (χ0n) is 41.8. The summed E-state index contributed by atoms with van der Waals surface area (Å²) in [6.45, 7) is 3.73. The molecule has 2 saturated heterocycles. The molecule has 9 rings (SSSR count). The molecule has 3 aliphatic rings. The van der Waals surface area contributed by atoms with Gasteiger partial charge in [0.05, 0.1) is 10.9 Å². The third-order valence-corrected chi connectivity index (χ3v) is 16.9. The van der Waals surface area contributed by atoms with E-state index >= 15 is 0 Å².